The molecule has 0 N–H and O–H groups in total. The van der Waals surface area contributed by atoms with Gasteiger partial charge in [0.05, 0.1) is 0 Å². The first-order valence-electron chi connectivity index (χ1n) is 0.800. The maximum atomic E-state index is 6.00. The van der Waals surface area contributed by atoms with Gasteiger partial charge < -0.3 is 0 Å². The lowest BCUT2D eigenvalue weighted by Gasteiger charge is -0.577. The molecule has 8 heteroatoms. The third-order valence-corrected chi connectivity index (χ3v) is 0. The molecule has 0 rings (SSSR count). The van der Waals surface area contributed by atoms with Gasteiger partial charge in [0, 0.05) is 43.1 Å². The Hall–Kier alpha value is -2.32. The molecule has 0 saturated heterocycles. The fraction of sp³-hybridized carbons (Fsp3) is 1.00. The highest BCUT2D eigenvalue weighted by Crippen LogP contribution is 0.599. The summed E-state index contributed by atoms with van der Waals surface area (Å²) in [7, 11) is 0. The van der Waals surface area contributed by atoms with E-state index in [1.54, 1.807) is 0 Å². The zero-order valence-electron chi connectivity index (χ0n) is 3.58. The highest BCUT2D eigenvalue weighted by atomic mass is 14.6. The van der Waals surface area contributed by atoms with Crippen LogP contribution in [0.25, 0.3) is 0 Å². The van der Waals surface area contributed by atoms with Crippen molar-refractivity contribution in [2.75, 3.05) is 0 Å². The van der Waals surface area contributed by atoms with Crippen molar-refractivity contribution < 1.29 is 0 Å². The summed E-state index contributed by atoms with van der Waals surface area (Å²) in [6, 6.07) is 0. The lowest BCUT2D eigenvalue weighted by atomic mass is 12.0. The Morgan fingerprint density at radius 2 is 0.231 bits per heavy atom. The first-order chi connectivity index (χ1) is 4.00. The monoisotopic (exact) mass is 192 g/mol. The van der Waals surface area contributed by atoms with Gasteiger partial charge in [0.15, 0.2) is 0 Å². The van der Waals surface area contributed by atoms with Gasteiger partial charge in [0.25, 0.3) is 0 Å². The van der Waals surface area contributed by atoms with Gasteiger partial charge >= 0.3 is 0 Å². The molecule has 0 heterocycles. The molecule has 13 heavy (non-hydrogen) atoms. The summed E-state index contributed by atoms with van der Waals surface area (Å²) in [4.78, 5) is 0. The predicted molar refractivity (Wildman–Crippen MR) is 47.5 cm³/mol. The van der Waals surface area contributed by atoms with E-state index in [4.69, 9.17) is 43.1 Å². The Bertz CT molecular complexity index is 55.5. The normalized spacial score (nSPS) is 0.615. The number of hydrogen-bond acceptors (Lipinski definition) is 8. The number of nitrogens with zero attached hydrogens (tertiary/aromatic N) is 8. The first-order valence-corrected chi connectivity index (χ1v) is 0.800. The van der Waals surface area contributed by atoms with E-state index in [1.807, 2.05) is 0 Å². The predicted octanol–water partition coefficient (Wildman–Crippen LogP) is 3.30. The van der Waals surface area contributed by atoms with Crippen LogP contribution in [-0.4, -0.2) is 0 Å². The van der Waals surface area contributed by atoms with Crippen molar-refractivity contribution in [2.24, 2.45) is 0 Å². The molecule has 0 unspecified atom stereocenters. The van der Waals surface area contributed by atoms with Gasteiger partial charge in [-0.05, 0) is 0 Å². The van der Waals surface area contributed by atoms with Gasteiger partial charge in [-0.3, -0.25) is 0 Å². The average Bonchev–Trinajstić information content (AvgIpc) is 2.03. The second kappa shape index (κ2) is 135. The first kappa shape index (κ1) is 355. The molecule has 0 radical (unpaired) electrons. The molecule has 0 atom stereocenters. The van der Waals surface area contributed by atoms with Crippen LogP contribution in [0, 0.1) is 43.1 Å². The van der Waals surface area contributed by atoms with E-state index in [9.17, 15) is 0 Å². The minimum absolute atomic E-state index is 0. The van der Waals surface area contributed by atoms with Crippen LogP contribution in [0.5, 0.6) is 0 Å². The van der Waals surface area contributed by atoms with Crippen molar-refractivity contribution in [3.8, 4) is 0 Å². The number of hydrogen-bond donors (Lipinski definition) is 0. The number of rotatable bonds is 0. The highest BCUT2D eigenvalue weighted by Gasteiger charge is 0.583. The molecule has 0 aliphatic carbocycles. The topological polar surface area (TPSA) is 190 Å². The van der Waals surface area contributed by atoms with Gasteiger partial charge in [-0.1, -0.05) is 37.1 Å². The van der Waals surface area contributed by atoms with Gasteiger partial charge in [0.1, 0.15) is 0 Å². The Morgan fingerprint density at radius 1 is 0.231 bits per heavy atom. The fourth-order valence-corrected chi connectivity index (χ4v) is 0. The van der Waals surface area contributed by atoms with Crippen LogP contribution in [-0.2, 0) is 0 Å². The minimum Gasteiger partial charge on any atom is -0.0776 e. The third-order valence-electron chi connectivity index (χ3n) is 0. The van der Waals surface area contributed by atoms with E-state index < -0.39 is 0 Å². The van der Waals surface area contributed by atoms with Crippen LogP contribution in [0.4, 0.5) is 0 Å². The molecule has 8 nitrogen and oxygen atoms in total. The van der Waals surface area contributed by atoms with E-state index in [0.29, 0.717) is 0 Å². The molecular weight excluding hydrogens is 172 g/mol. The summed E-state index contributed by atoms with van der Waals surface area (Å²) in [5.41, 5.74) is 0. The molecule has 0 aromatic heterocycles. The van der Waals surface area contributed by atoms with E-state index in [0.717, 1.165) is 0 Å². The third kappa shape index (κ3) is 106. The maximum absolute atomic E-state index is 6.00. The minimum atomic E-state index is 0. The van der Waals surface area contributed by atoms with Gasteiger partial charge in [-0.2, -0.15) is 0 Å². The maximum Gasteiger partial charge on any atom is 0 e. The molecule has 0 aliphatic heterocycles. The summed E-state index contributed by atoms with van der Waals surface area (Å²) in [6.45, 7) is 0. The second-order valence-corrected chi connectivity index (χ2v) is 0. The molecule has 0 aliphatic rings. The summed E-state index contributed by atoms with van der Waals surface area (Å²) in [6.07, 6.45) is 0. The summed E-state index contributed by atoms with van der Waals surface area (Å²) in [5.74, 6) is 0. The van der Waals surface area contributed by atoms with Crippen molar-refractivity contribution in [3.63, 3.8) is 0 Å². The van der Waals surface area contributed by atoms with Crippen LogP contribution in [0.2, 0.25) is 0 Å². The summed E-state index contributed by atoms with van der Waals surface area (Å²) < 4.78 is 0. The zero-order chi connectivity index (χ0) is 8.00. The lowest BCUT2D eigenvalue weighted by molar-refractivity contribution is 1.15. The smallest absolute Gasteiger partial charge is 0 e. The van der Waals surface area contributed by atoms with Crippen LogP contribution in [0.1, 0.15) is 37.1 Å². The van der Waals surface area contributed by atoms with Crippen molar-refractivity contribution in [1.82, 2.24) is 0 Å². The largest absolute Gasteiger partial charge is 0.0776 e. The quantitative estimate of drug-likeness (QED) is 0.521. The SMILES string of the molecule is C.C.C.C.C.N#N.N#N.N#N.N#N. The van der Waals surface area contributed by atoms with Crippen molar-refractivity contribution in [1.29, 1.82) is 43.1 Å². The fourth-order valence-electron chi connectivity index (χ4n) is 0. The molecule has 0 aromatic carbocycles. The van der Waals surface area contributed by atoms with Crippen molar-refractivity contribution >= 4 is 0 Å². The molecule has 0 aromatic rings. The molecule has 80 valence electrons. The lowest BCUT2D eigenvalue weighted by Crippen LogP contribution is -0.562. The molecular formula is C5H20N8. The Balaban J connectivity index is -0.00000000208. The Morgan fingerprint density at radius 3 is 0.231 bits per heavy atom. The van der Waals surface area contributed by atoms with Crippen LogP contribution in [0.15, 0.2) is 0 Å². The van der Waals surface area contributed by atoms with Gasteiger partial charge in [0.2, 0.25) is 0 Å². The molecule has 0 amide bonds. The van der Waals surface area contributed by atoms with Crippen LogP contribution in [0.3, 0.4) is 0 Å². The molecule has 0 spiro atoms. The zero-order valence-corrected chi connectivity index (χ0v) is 3.58. The van der Waals surface area contributed by atoms with E-state index in [1.165, 1.54) is 0 Å². The standard InChI is InChI=1S/5CH4.4N2/c;;;;;4*1-2/h5*1H4;;;;. The van der Waals surface area contributed by atoms with Crippen LogP contribution < -0.4 is 0 Å². The van der Waals surface area contributed by atoms with E-state index in [2.05, 4.69) is 0 Å². The highest BCUT2D eigenvalue weighted by molar-refractivity contribution is 2.51. The van der Waals surface area contributed by atoms with Crippen molar-refractivity contribution in [2.45, 2.75) is 37.1 Å². The average molecular weight is 192 g/mol. The van der Waals surface area contributed by atoms with Gasteiger partial charge in [-0.15, -0.1) is 0 Å². The summed E-state index contributed by atoms with van der Waals surface area (Å²) >= 11 is 0. The second-order valence-electron chi connectivity index (χ2n) is 0. The summed E-state index contributed by atoms with van der Waals surface area (Å²) in [5, 5.41) is 48.0. The molecule has 0 saturated carbocycles. The molecule has 0 bridgehead atoms. The van der Waals surface area contributed by atoms with Crippen molar-refractivity contribution in [3.05, 3.63) is 0 Å². The molecule has 0 fully saturated rings. The van der Waals surface area contributed by atoms with Gasteiger partial charge in [-0.25, -0.2) is 0 Å². The van der Waals surface area contributed by atoms with E-state index in [-0.39, 0.29) is 37.1 Å². The van der Waals surface area contributed by atoms with E-state index >= 15 is 0 Å². The Kier molecular flexibility index (Phi) is 3700. The Labute approximate surface area is 81.2 Å². The van der Waals surface area contributed by atoms with Crippen LogP contribution >= 0.6 is 0 Å².